The van der Waals surface area contributed by atoms with Gasteiger partial charge in [0.1, 0.15) is 0 Å². The van der Waals surface area contributed by atoms with Gasteiger partial charge in [0.05, 0.1) is 5.75 Å². The molecule has 1 aromatic heterocycles. The van der Waals surface area contributed by atoms with Crippen LogP contribution in [0.25, 0.3) is 11.4 Å². The summed E-state index contributed by atoms with van der Waals surface area (Å²) in [5.74, 6) is 3.93. The van der Waals surface area contributed by atoms with Gasteiger partial charge in [-0.1, -0.05) is 43.0 Å². The number of hydrogen-bond donors (Lipinski definition) is 2. The van der Waals surface area contributed by atoms with Crippen molar-refractivity contribution in [3.05, 3.63) is 29.8 Å². The molecule has 2 N–H and O–H groups in total. The lowest BCUT2D eigenvalue weighted by atomic mass is 9.48. The number of rotatable bonds is 7. The van der Waals surface area contributed by atoms with Crippen LogP contribution in [0.5, 0.6) is 0 Å². The highest BCUT2D eigenvalue weighted by molar-refractivity contribution is 7.99. The van der Waals surface area contributed by atoms with Crippen molar-refractivity contribution in [3.8, 4) is 11.4 Å². The van der Waals surface area contributed by atoms with Gasteiger partial charge in [0.25, 0.3) is 0 Å². The van der Waals surface area contributed by atoms with Crippen molar-refractivity contribution < 1.29 is 4.79 Å². The first kappa shape index (κ1) is 20.1. The van der Waals surface area contributed by atoms with Gasteiger partial charge >= 0.3 is 0 Å². The van der Waals surface area contributed by atoms with E-state index in [1.54, 1.807) is 0 Å². The van der Waals surface area contributed by atoms with Crippen LogP contribution in [0, 0.1) is 23.2 Å². The van der Waals surface area contributed by atoms with Crippen LogP contribution in [0.4, 0.5) is 0 Å². The predicted octanol–water partition coefficient (Wildman–Crippen LogP) is 4.85. The molecule has 160 valence electrons. The van der Waals surface area contributed by atoms with E-state index in [2.05, 4.69) is 58.6 Å². The first-order valence-electron chi connectivity index (χ1n) is 11.5. The van der Waals surface area contributed by atoms with Gasteiger partial charge in [-0.25, -0.2) is 4.98 Å². The second-order valence-corrected chi connectivity index (χ2v) is 10.8. The largest absolute Gasteiger partial charge is 0.352 e. The highest BCUT2D eigenvalue weighted by Crippen LogP contribution is 2.61. The standard InChI is InChI=1S/C24H32N4OS/c1-3-16-4-6-20(7-5-16)22-26-23(28-27-22)30-14-21(29)25-15(2)24-11-17-8-18(12-24)10-19(9-17)13-24/h4-7,15,17-19H,3,8-14H2,1-2H3,(H,25,29)(H,26,27,28)/t15-,17?,18?,19?,24?/m0/s1. The minimum atomic E-state index is 0.0990. The van der Waals surface area contributed by atoms with Gasteiger partial charge in [-0.3, -0.25) is 9.89 Å². The van der Waals surface area contributed by atoms with Gasteiger partial charge in [-0.15, -0.1) is 5.10 Å². The topological polar surface area (TPSA) is 70.7 Å². The predicted molar refractivity (Wildman–Crippen MR) is 120 cm³/mol. The Hall–Kier alpha value is -1.82. The molecule has 6 heteroatoms. The Labute approximate surface area is 183 Å². The molecule has 1 atom stereocenters. The van der Waals surface area contributed by atoms with E-state index in [1.807, 2.05) is 0 Å². The van der Waals surface area contributed by atoms with E-state index in [1.165, 1.54) is 55.9 Å². The molecule has 4 fully saturated rings. The van der Waals surface area contributed by atoms with Crippen molar-refractivity contribution in [3.63, 3.8) is 0 Å². The number of aryl methyl sites for hydroxylation is 1. The molecule has 5 nitrogen and oxygen atoms in total. The average molecular weight is 425 g/mol. The number of carbonyl (C=O) groups is 1. The number of thioether (sulfide) groups is 1. The molecule has 2 aromatic rings. The number of nitrogens with one attached hydrogen (secondary N) is 2. The van der Waals surface area contributed by atoms with Crippen LogP contribution in [0.15, 0.2) is 29.4 Å². The maximum Gasteiger partial charge on any atom is 0.230 e. The monoisotopic (exact) mass is 424 g/mol. The lowest BCUT2D eigenvalue weighted by Crippen LogP contribution is -2.56. The Kier molecular flexibility index (Phi) is 5.38. The van der Waals surface area contributed by atoms with Gasteiger partial charge < -0.3 is 5.32 Å². The number of aromatic amines is 1. The summed E-state index contributed by atoms with van der Waals surface area (Å²) >= 11 is 1.41. The maximum atomic E-state index is 12.7. The molecule has 4 saturated carbocycles. The van der Waals surface area contributed by atoms with Gasteiger partial charge in [-0.05, 0) is 80.6 Å². The molecule has 0 radical (unpaired) electrons. The Morgan fingerprint density at radius 1 is 1.17 bits per heavy atom. The van der Waals surface area contributed by atoms with E-state index in [0.717, 1.165) is 35.6 Å². The van der Waals surface area contributed by atoms with Crippen molar-refractivity contribution in [1.29, 1.82) is 0 Å². The van der Waals surface area contributed by atoms with Crippen LogP contribution in [-0.2, 0) is 11.2 Å². The molecule has 0 unspecified atom stereocenters. The number of nitrogens with zero attached hydrogens (tertiary/aromatic N) is 2. The Balaban J connectivity index is 1.15. The SMILES string of the molecule is CCc1ccc(-c2nc(SCC(=O)N[C@@H](C)C34CC5CC(CC(C5)C3)C4)n[nH]2)cc1. The summed E-state index contributed by atoms with van der Waals surface area (Å²) in [5.41, 5.74) is 2.67. The summed E-state index contributed by atoms with van der Waals surface area (Å²) in [6.07, 6.45) is 9.27. The summed E-state index contributed by atoms with van der Waals surface area (Å²) < 4.78 is 0. The summed E-state index contributed by atoms with van der Waals surface area (Å²) in [7, 11) is 0. The van der Waals surface area contributed by atoms with Crippen molar-refractivity contribution in [2.24, 2.45) is 23.2 Å². The average Bonchev–Trinajstić information content (AvgIpc) is 3.20. The molecular weight excluding hydrogens is 392 g/mol. The molecule has 1 aromatic carbocycles. The van der Waals surface area contributed by atoms with Crippen LogP contribution in [-0.4, -0.2) is 32.9 Å². The van der Waals surface area contributed by atoms with E-state index in [9.17, 15) is 4.79 Å². The normalized spacial score (nSPS) is 30.4. The third-order valence-corrected chi connectivity index (χ3v) is 8.66. The highest BCUT2D eigenvalue weighted by Gasteiger charge is 2.53. The van der Waals surface area contributed by atoms with Crippen LogP contribution >= 0.6 is 11.8 Å². The second-order valence-electron chi connectivity index (χ2n) is 9.87. The quantitative estimate of drug-likeness (QED) is 0.624. The lowest BCUT2D eigenvalue weighted by molar-refractivity contribution is -0.123. The molecule has 6 rings (SSSR count). The zero-order valence-electron chi connectivity index (χ0n) is 18.0. The van der Waals surface area contributed by atoms with E-state index in [0.29, 0.717) is 16.3 Å². The Bertz CT molecular complexity index is 871. The van der Waals surface area contributed by atoms with Crippen LogP contribution in [0.3, 0.4) is 0 Å². The summed E-state index contributed by atoms with van der Waals surface area (Å²) in [5, 5.41) is 11.2. The molecule has 4 aliphatic carbocycles. The molecule has 0 spiro atoms. The fraction of sp³-hybridized carbons (Fsp3) is 0.625. The lowest BCUT2D eigenvalue weighted by Gasteiger charge is -2.59. The number of aromatic nitrogens is 3. The molecule has 4 bridgehead atoms. The Morgan fingerprint density at radius 3 is 2.40 bits per heavy atom. The highest BCUT2D eigenvalue weighted by atomic mass is 32.2. The third kappa shape index (κ3) is 3.91. The number of amides is 1. The van der Waals surface area contributed by atoms with Gasteiger partial charge in [0.2, 0.25) is 11.1 Å². The molecule has 1 amide bonds. The van der Waals surface area contributed by atoms with Crippen LogP contribution < -0.4 is 5.32 Å². The van der Waals surface area contributed by atoms with Crippen LogP contribution in [0.2, 0.25) is 0 Å². The maximum absolute atomic E-state index is 12.7. The molecule has 1 heterocycles. The zero-order chi connectivity index (χ0) is 20.7. The first-order chi connectivity index (χ1) is 14.5. The number of carbonyl (C=O) groups excluding carboxylic acids is 1. The van der Waals surface area contributed by atoms with Gasteiger partial charge in [0.15, 0.2) is 5.82 Å². The molecule has 4 aliphatic rings. The van der Waals surface area contributed by atoms with Crippen molar-refractivity contribution in [2.75, 3.05) is 5.75 Å². The van der Waals surface area contributed by atoms with E-state index >= 15 is 0 Å². The minimum absolute atomic E-state index is 0.0990. The number of benzene rings is 1. The van der Waals surface area contributed by atoms with Crippen molar-refractivity contribution in [2.45, 2.75) is 70.0 Å². The first-order valence-corrected chi connectivity index (χ1v) is 12.5. The fourth-order valence-electron chi connectivity index (χ4n) is 6.61. The van der Waals surface area contributed by atoms with Crippen molar-refractivity contribution in [1.82, 2.24) is 20.5 Å². The van der Waals surface area contributed by atoms with E-state index in [4.69, 9.17) is 0 Å². The third-order valence-electron chi connectivity index (χ3n) is 7.81. The minimum Gasteiger partial charge on any atom is -0.352 e. The summed E-state index contributed by atoms with van der Waals surface area (Å²) in [6.45, 7) is 4.38. The van der Waals surface area contributed by atoms with E-state index in [-0.39, 0.29) is 11.9 Å². The van der Waals surface area contributed by atoms with Gasteiger partial charge in [0, 0.05) is 11.6 Å². The molecule has 0 aliphatic heterocycles. The number of hydrogen-bond acceptors (Lipinski definition) is 4. The summed E-state index contributed by atoms with van der Waals surface area (Å²) in [4.78, 5) is 17.2. The van der Waals surface area contributed by atoms with Gasteiger partial charge in [-0.2, -0.15) is 0 Å². The molecular formula is C24H32N4OS. The fourth-order valence-corrected chi connectivity index (χ4v) is 7.22. The van der Waals surface area contributed by atoms with Crippen LogP contribution in [0.1, 0.15) is 57.9 Å². The second kappa shape index (κ2) is 8.03. The van der Waals surface area contributed by atoms with E-state index < -0.39 is 0 Å². The smallest absolute Gasteiger partial charge is 0.230 e. The molecule has 0 saturated heterocycles. The zero-order valence-corrected chi connectivity index (χ0v) is 18.8. The molecule has 30 heavy (non-hydrogen) atoms. The number of H-pyrrole nitrogens is 1. The Morgan fingerprint density at radius 2 is 1.80 bits per heavy atom. The van der Waals surface area contributed by atoms with Crippen molar-refractivity contribution >= 4 is 17.7 Å². The summed E-state index contributed by atoms with van der Waals surface area (Å²) in [6, 6.07) is 8.62.